The van der Waals surface area contributed by atoms with E-state index in [2.05, 4.69) is 24.6 Å². The summed E-state index contributed by atoms with van der Waals surface area (Å²) in [6.07, 6.45) is 4.64. The standard InChI is InChI=1S/C11H16OS2/c1-13-8-7-11(12)9-3-5-10(14-2)6-4-9/h3-6,11-12H,7-8H2,1-2H3. The summed E-state index contributed by atoms with van der Waals surface area (Å²) in [5, 5.41) is 9.80. The first-order chi connectivity index (χ1) is 6.77. The van der Waals surface area contributed by atoms with Crippen molar-refractivity contribution < 1.29 is 5.11 Å². The monoisotopic (exact) mass is 228 g/mol. The summed E-state index contributed by atoms with van der Waals surface area (Å²) in [6, 6.07) is 8.14. The van der Waals surface area contributed by atoms with Crippen LogP contribution in [-0.2, 0) is 0 Å². The molecule has 1 N–H and O–H groups in total. The van der Waals surface area contributed by atoms with Gasteiger partial charge in [0.2, 0.25) is 0 Å². The van der Waals surface area contributed by atoms with Crippen molar-refractivity contribution >= 4 is 23.5 Å². The van der Waals surface area contributed by atoms with Crippen LogP contribution < -0.4 is 0 Å². The maximum Gasteiger partial charge on any atom is 0.0797 e. The fraction of sp³-hybridized carbons (Fsp3) is 0.455. The summed E-state index contributed by atoms with van der Waals surface area (Å²) >= 11 is 3.49. The minimum atomic E-state index is -0.307. The van der Waals surface area contributed by atoms with E-state index in [-0.39, 0.29) is 6.10 Å². The first-order valence-electron chi connectivity index (χ1n) is 4.59. The smallest absolute Gasteiger partial charge is 0.0797 e. The molecule has 0 aromatic heterocycles. The molecule has 0 radical (unpaired) electrons. The molecule has 1 nitrogen and oxygen atoms in total. The van der Waals surface area contributed by atoms with E-state index in [9.17, 15) is 5.11 Å². The summed E-state index contributed by atoms with van der Waals surface area (Å²) in [5.74, 6) is 1.01. The number of aliphatic hydroxyl groups is 1. The zero-order valence-electron chi connectivity index (χ0n) is 8.56. The predicted molar refractivity (Wildman–Crippen MR) is 66.2 cm³/mol. The van der Waals surface area contributed by atoms with Gasteiger partial charge in [-0.05, 0) is 42.4 Å². The van der Waals surface area contributed by atoms with E-state index in [0.717, 1.165) is 17.7 Å². The summed E-state index contributed by atoms with van der Waals surface area (Å²) in [6.45, 7) is 0. The van der Waals surface area contributed by atoms with Gasteiger partial charge in [-0.15, -0.1) is 11.8 Å². The molecule has 1 aromatic carbocycles. The van der Waals surface area contributed by atoms with Crippen molar-refractivity contribution in [1.82, 2.24) is 0 Å². The second-order valence-corrected chi connectivity index (χ2v) is 4.94. The maximum absolute atomic E-state index is 9.80. The molecule has 0 aliphatic carbocycles. The summed E-state index contributed by atoms with van der Waals surface area (Å²) in [7, 11) is 0. The largest absolute Gasteiger partial charge is 0.388 e. The molecule has 0 spiro atoms. The van der Waals surface area contributed by atoms with Crippen molar-refractivity contribution in [1.29, 1.82) is 0 Å². The van der Waals surface area contributed by atoms with Gasteiger partial charge in [0, 0.05) is 4.90 Å². The minimum absolute atomic E-state index is 0.307. The van der Waals surface area contributed by atoms with E-state index < -0.39 is 0 Å². The number of hydrogen-bond donors (Lipinski definition) is 1. The van der Waals surface area contributed by atoms with Crippen molar-refractivity contribution in [3.05, 3.63) is 29.8 Å². The second-order valence-electron chi connectivity index (χ2n) is 3.07. The average Bonchev–Trinajstić information content (AvgIpc) is 2.26. The zero-order valence-corrected chi connectivity index (χ0v) is 10.2. The fourth-order valence-electron chi connectivity index (χ4n) is 1.22. The molecule has 0 heterocycles. The molecule has 0 bridgehead atoms. The van der Waals surface area contributed by atoms with Crippen LogP contribution in [0.4, 0.5) is 0 Å². The van der Waals surface area contributed by atoms with Gasteiger partial charge in [0.25, 0.3) is 0 Å². The quantitative estimate of drug-likeness (QED) is 0.782. The lowest BCUT2D eigenvalue weighted by molar-refractivity contribution is 0.175. The Kier molecular flexibility index (Phi) is 5.45. The van der Waals surface area contributed by atoms with Crippen LogP contribution in [0.2, 0.25) is 0 Å². The molecular formula is C11H16OS2. The summed E-state index contributed by atoms with van der Waals surface area (Å²) < 4.78 is 0. The van der Waals surface area contributed by atoms with Crippen LogP contribution in [0.15, 0.2) is 29.2 Å². The number of thioether (sulfide) groups is 2. The molecule has 1 aromatic rings. The van der Waals surface area contributed by atoms with Crippen molar-refractivity contribution in [2.45, 2.75) is 17.4 Å². The molecule has 3 heteroatoms. The number of hydrogen-bond acceptors (Lipinski definition) is 3. The molecule has 1 rings (SSSR count). The van der Waals surface area contributed by atoms with E-state index in [1.165, 1.54) is 4.90 Å². The lowest BCUT2D eigenvalue weighted by atomic mass is 10.1. The highest BCUT2D eigenvalue weighted by molar-refractivity contribution is 7.98. The number of benzene rings is 1. The van der Waals surface area contributed by atoms with Gasteiger partial charge in [-0.3, -0.25) is 0 Å². The molecular weight excluding hydrogens is 212 g/mol. The van der Waals surface area contributed by atoms with Crippen LogP contribution in [0.1, 0.15) is 18.1 Å². The van der Waals surface area contributed by atoms with Crippen LogP contribution in [0.25, 0.3) is 0 Å². The highest BCUT2D eigenvalue weighted by Crippen LogP contribution is 2.21. The topological polar surface area (TPSA) is 20.2 Å². The fourth-order valence-corrected chi connectivity index (χ4v) is 2.09. The van der Waals surface area contributed by atoms with Crippen molar-refractivity contribution in [3.8, 4) is 0 Å². The van der Waals surface area contributed by atoms with Gasteiger partial charge in [-0.1, -0.05) is 12.1 Å². The van der Waals surface area contributed by atoms with E-state index in [1.54, 1.807) is 23.5 Å². The van der Waals surface area contributed by atoms with Crippen LogP contribution in [0.5, 0.6) is 0 Å². The minimum Gasteiger partial charge on any atom is -0.388 e. The Morgan fingerprint density at radius 3 is 2.36 bits per heavy atom. The average molecular weight is 228 g/mol. The van der Waals surface area contributed by atoms with Gasteiger partial charge in [0.05, 0.1) is 6.10 Å². The van der Waals surface area contributed by atoms with Crippen molar-refractivity contribution in [2.24, 2.45) is 0 Å². The van der Waals surface area contributed by atoms with Crippen LogP contribution in [0.3, 0.4) is 0 Å². The van der Waals surface area contributed by atoms with E-state index in [4.69, 9.17) is 0 Å². The predicted octanol–water partition coefficient (Wildman–Crippen LogP) is 3.20. The van der Waals surface area contributed by atoms with E-state index in [0.29, 0.717) is 0 Å². The first-order valence-corrected chi connectivity index (χ1v) is 7.20. The lowest BCUT2D eigenvalue weighted by Gasteiger charge is -2.10. The molecule has 0 saturated heterocycles. The molecule has 1 unspecified atom stereocenters. The van der Waals surface area contributed by atoms with Crippen LogP contribution in [0, 0.1) is 0 Å². The van der Waals surface area contributed by atoms with Crippen molar-refractivity contribution in [2.75, 3.05) is 18.3 Å². The Bertz CT molecular complexity index is 258. The van der Waals surface area contributed by atoms with Gasteiger partial charge >= 0.3 is 0 Å². The van der Waals surface area contributed by atoms with Crippen LogP contribution in [-0.4, -0.2) is 23.4 Å². The van der Waals surface area contributed by atoms with Gasteiger partial charge in [0.15, 0.2) is 0 Å². The lowest BCUT2D eigenvalue weighted by Crippen LogP contribution is -1.98. The van der Waals surface area contributed by atoms with Gasteiger partial charge in [-0.2, -0.15) is 11.8 Å². The Morgan fingerprint density at radius 1 is 1.21 bits per heavy atom. The van der Waals surface area contributed by atoms with Crippen LogP contribution >= 0.6 is 23.5 Å². The molecule has 1 atom stereocenters. The maximum atomic E-state index is 9.80. The summed E-state index contributed by atoms with van der Waals surface area (Å²) in [4.78, 5) is 1.24. The third-order valence-electron chi connectivity index (χ3n) is 2.10. The van der Waals surface area contributed by atoms with Gasteiger partial charge < -0.3 is 5.11 Å². The molecule has 0 saturated carbocycles. The van der Waals surface area contributed by atoms with E-state index >= 15 is 0 Å². The third kappa shape index (κ3) is 3.56. The van der Waals surface area contributed by atoms with Gasteiger partial charge in [-0.25, -0.2) is 0 Å². The van der Waals surface area contributed by atoms with E-state index in [1.807, 2.05) is 12.1 Å². The zero-order chi connectivity index (χ0) is 10.4. The highest BCUT2D eigenvalue weighted by atomic mass is 32.2. The summed E-state index contributed by atoms with van der Waals surface area (Å²) in [5.41, 5.74) is 1.02. The Hall–Kier alpha value is -0.120. The Labute approximate surface area is 94.3 Å². The molecule has 0 aliphatic rings. The molecule has 0 amide bonds. The first kappa shape index (κ1) is 12.0. The SMILES string of the molecule is CSCCC(O)c1ccc(SC)cc1. The van der Waals surface area contributed by atoms with Gasteiger partial charge in [0.1, 0.15) is 0 Å². The molecule has 0 fully saturated rings. The molecule has 0 aliphatic heterocycles. The number of rotatable bonds is 5. The van der Waals surface area contributed by atoms with Crippen molar-refractivity contribution in [3.63, 3.8) is 0 Å². The highest BCUT2D eigenvalue weighted by Gasteiger charge is 2.05. The normalized spacial score (nSPS) is 12.8. The Balaban J connectivity index is 2.57. The Morgan fingerprint density at radius 2 is 1.86 bits per heavy atom. The molecule has 14 heavy (non-hydrogen) atoms. The molecule has 78 valence electrons. The third-order valence-corrected chi connectivity index (χ3v) is 3.48. The second kappa shape index (κ2) is 6.38. The number of aliphatic hydroxyl groups excluding tert-OH is 1.